The highest BCUT2D eigenvalue weighted by molar-refractivity contribution is 9.11. The van der Waals surface area contributed by atoms with Gasteiger partial charge in [-0.05, 0) is 40.5 Å². The lowest BCUT2D eigenvalue weighted by molar-refractivity contribution is 0.689. The summed E-state index contributed by atoms with van der Waals surface area (Å²) in [4.78, 5) is 0. The van der Waals surface area contributed by atoms with Crippen molar-refractivity contribution >= 4 is 49.3 Å². The van der Waals surface area contributed by atoms with Crippen LogP contribution >= 0.6 is 43.5 Å². The van der Waals surface area contributed by atoms with Crippen LogP contribution in [0.5, 0.6) is 0 Å². The number of nitrogen functional groups attached to an aromatic ring is 1. The summed E-state index contributed by atoms with van der Waals surface area (Å²) in [5.74, 6) is 0.612. The van der Waals surface area contributed by atoms with Crippen molar-refractivity contribution in [2.45, 2.75) is 13.5 Å². The number of aromatic nitrogens is 2. The largest absolute Gasteiger partial charge is 0.383 e. The zero-order valence-corrected chi connectivity index (χ0v) is 13.0. The fourth-order valence-corrected chi connectivity index (χ4v) is 2.53. The van der Waals surface area contributed by atoms with Crippen molar-refractivity contribution in [1.29, 1.82) is 0 Å². The number of nitrogens with two attached hydrogens (primary N) is 1. The van der Waals surface area contributed by atoms with Crippen LogP contribution in [0.1, 0.15) is 11.3 Å². The molecule has 6 heteroatoms. The van der Waals surface area contributed by atoms with Gasteiger partial charge in [0.25, 0.3) is 0 Å². The Balaban J connectivity index is 2.34. The third kappa shape index (κ3) is 2.67. The van der Waals surface area contributed by atoms with E-state index in [0.29, 0.717) is 17.4 Å². The van der Waals surface area contributed by atoms with Gasteiger partial charge in [0, 0.05) is 9.50 Å². The van der Waals surface area contributed by atoms with Crippen molar-refractivity contribution in [1.82, 2.24) is 9.78 Å². The molecular formula is C11H10Br2ClN3. The smallest absolute Gasteiger partial charge is 0.136 e. The molecule has 0 fully saturated rings. The summed E-state index contributed by atoms with van der Waals surface area (Å²) in [6.07, 6.45) is 0. The first-order valence-electron chi connectivity index (χ1n) is 4.91. The number of halogens is 3. The summed E-state index contributed by atoms with van der Waals surface area (Å²) in [7, 11) is 0. The third-order valence-electron chi connectivity index (χ3n) is 2.43. The van der Waals surface area contributed by atoms with Gasteiger partial charge in [-0.15, -0.1) is 0 Å². The molecule has 2 rings (SSSR count). The van der Waals surface area contributed by atoms with Crippen LogP contribution in [0.3, 0.4) is 0 Å². The minimum absolute atomic E-state index is 0.560. The first kappa shape index (κ1) is 12.9. The average Bonchev–Trinajstić information content (AvgIpc) is 2.50. The molecule has 0 aliphatic carbocycles. The highest BCUT2D eigenvalue weighted by atomic mass is 79.9. The fourth-order valence-electron chi connectivity index (χ4n) is 1.51. The quantitative estimate of drug-likeness (QED) is 0.857. The van der Waals surface area contributed by atoms with E-state index in [4.69, 9.17) is 17.3 Å². The summed E-state index contributed by atoms with van der Waals surface area (Å²) in [5.41, 5.74) is 7.79. The summed E-state index contributed by atoms with van der Waals surface area (Å²) in [6.45, 7) is 2.46. The van der Waals surface area contributed by atoms with Gasteiger partial charge in [0.1, 0.15) is 5.82 Å². The van der Waals surface area contributed by atoms with Crippen molar-refractivity contribution in [3.63, 3.8) is 0 Å². The Morgan fingerprint density at radius 1 is 1.41 bits per heavy atom. The predicted molar refractivity (Wildman–Crippen MR) is 77.3 cm³/mol. The second kappa shape index (κ2) is 5.00. The molecule has 0 atom stereocenters. The van der Waals surface area contributed by atoms with Crippen LogP contribution < -0.4 is 5.73 Å². The first-order chi connectivity index (χ1) is 7.99. The van der Waals surface area contributed by atoms with Crippen molar-refractivity contribution in [2.24, 2.45) is 0 Å². The maximum atomic E-state index is 6.15. The molecule has 0 saturated carbocycles. The predicted octanol–water partition coefficient (Wildman–Crippen LogP) is 4.00. The highest BCUT2D eigenvalue weighted by Gasteiger charge is 2.11. The van der Waals surface area contributed by atoms with Crippen LogP contribution in [0.15, 0.2) is 27.1 Å². The molecule has 1 aromatic heterocycles. The summed E-state index contributed by atoms with van der Waals surface area (Å²) < 4.78 is 3.52. The summed E-state index contributed by atoms with van der Waals surface area (Å²) >= 11 is 12.9. The second-order valence-corrected chi connectivity index (χ2v) is 5.79. The Kier molecular flexibility index (Phi) is 3.80. The van der Waals surface area contributed by atoms with E-state index in [-0.39, 0.29) is 0 Å². The van der Waals surface area contributed by atoms with Gasteiger partial charge in [-0.2, -0.15) is 5.10 Å². The molecule has 1 aromatic carbocycles. The summed E-state index contributed by atoms with van der Waals surface area (Å²) in [6, 6.07) is 5.76. The molecule has 0 saturated heterocycles. The number of hydrogen-bond acceptors (Lipinski definition) is 2. The molecule has 0 bridgehead atoms. The van der Waals surface area contributed by atoms with E-state index in [0.717, 1.165) is 20.2 Å². The minimum atomic E-state index is 0.560. The van der Waals surface area contributed by atoms with Crippen LogP contribution in [0, 0.1) is 6.92 Å². The van der Waals surface area contributed by atoms with Gasteiger partial charge in [0.05, 0.1) is 16.7 Å². The average molecular weight is 379 g/mol. The zero-order valence-electron chi connectivity index (χ0n) is 9.04. The van der Waals surface area contributed by atoms with Gasteiger partial charge in [0.2, 0.25) is 0 Å². The van der Waals surface area contributed by atoms with Crippen LogP contribution in [0.25, 0.3) is 0 Å². The SMILES string of the molecule is Cc1nn(Cc2ccc(Br)cc2Cl)c(N)c1Br. The molecule has 2 N–H and O–H groups in total. The second-order valence-electron chi connectivity index (χ2n) is 3.68. The van der Waals surface area contributed by atoms with E-state index >= 15 is 0 Å². The molecule has 3 nitrogen and oxygen atoms in total. The summed E-state index contributed by atoms with van der Waals surface area (Å²) in [5, 5.41) is 5.04. The lowest BCUT2D eigenvalue weighted by atomic mass is 10.2. The maximum Gasteiger partial charge on any atom is 0.136 e. The van der Waals surface area contributed by atoms with Crippen molar-refractivity contribution < 1.29 is 0 Å². The molecule has 0 unspecified atom stereocenters. The Bertz CT molecular complexity index is 566. The third-order valence-corrected chi connectivity index (χ3v) is 4.25. The Hall–Kier alpha value is -0.520. The number of rotatable bonds is 2. The standard InChI is InChI=1S/C11H10Br2ClN3/c1-6-10(13)11(15)17(16-6)5-7-2-3-8(12)4-9(7)14/h2-4H,5,15H2,1H3. The van der Waals surface area contributed by atoms with E-state index in [1.54, 1.807) is 4.68 Å². The number of nitrogens with zero attached hydrogens (tertiary/aromatic N) is 2. The minimum Gasteiger partial charge on any atom is -0.383 e. The molecule has 1 heterocycles. The molecule has 90 valence electrons. The van der Waals surface area contributed by atoms with Crippen molar-refractivity contribution in [2.75, 3.05) is 5.73 Å². The van der Waals surface area contributed by atoms with Crippen molar-refractivity contribution in [3.05, 3.63) is 43.4 Å². The molecule has 0 aliphatic heterocycles. The molecule has 0 radical (unpaired) electrons. The zero-order chi connectivity index (χ0) is 12.6. The van der Waals surface area contributed by atoms with Gasteiger partial charge >= 0.3 is 0 Å². The molecule has 0 amide bonds. The Labute approximate surface area is 121 Å². The van der Waals surface area contributed by atoms with E-state index in [1.807, 2.05) is 25.1 Å². The fraction of sp³-hybridized carbons (Fsp3) is 0.182. The number of aryl methyl sites for hydroxylation is 1. The Morgan fingerprint density at radius 2 is 2.12 bits per heavy atom. The van der Waals surface area contributed by atoms with E-state index < -0.39 is 0 Å². The molecule has 17 heavy (non-hydrogen) atoms. The lowest BCUT2D eigenvalue weighted by Gasteiger charge is -2.06. The number of hydrogen-bond donors (Lipinski definition) is 1. The molecular weight excluding hydrogens is 369 g/mol. The Morgan fingerprint density at radius 3 is 2.65 bits per heavy atom. The monoisotopic (exact) mass is 377 g/mol. The van der Waals surface area contributed by atoms with E-state index in [2.05, 4.69) is 37.0 Å². The maximum absolute atomic E-state index is 6.15. The van der Waals surface area contributed by atoms with Crippen LogP contribution in [-0.2, 0) is 6.54 Å². The normalized spacial score (nSPS) is 10.8. The molecule has 2 aromatic rings. The highest BCUT2D eigenvalue weighted by Crippen LogP contribution is 2.26. The topological polar surface area (TPSA) is 43.8 Å². The van der Waals surface area contributed by atoms with Crippen molar-refractivity contribution in [3.8, 4) is 0 Å². The van der Waals surface area contributed by atoms with Crippen LogP contribution in [0.2, 0.25) is 5.02 Å². The van der Waals surface area contributed by atoms with E-state index in [1.165, 1.54) is 0 Å². The first-order valence-corrected chi connectivity index (χ1v) is 6.87. The van der Waals surface area contributed by atoms with E-state index in [9.17, 15) is 0 Å². The molecule has 0 aliphatic rings. The van der Waals surface area contributed by atoms with Gasteiger partial charge < -0.3 is 5.73 Å². The van der Waals surface area contributed by atoms with Gasteiger partial charge in [0.15, 0.2) is 0 Å². The van der Waals surface area contributed by atoms with Gasteiger partial charge in [-0.1, -0.05) is 33.6 Å². The van der Waals surface area contributed by atoms with Gasteiger partial charge in [-0.3, -0.25) is 0 Å². The molecule has 0 spiro atoms. The number of anilines is 1. The van der Waals surface area contributed by atoms with Gasteiger partial charge in [-0.25, -0.2) is 4.68 Å². The number of benzene rings is 1. The lowest BCUT2D eigenvalue weighted by Crippen LogP contribution is -2.06. The van der Waals surface area contributed by atoms with Crippen LogP contribution in [0.4, 0.5) is 5.82 Å². The van der Waals surface area contributed by atoms with Crippen LogP contribution in [-0.4, -0.2) is 9.78 Å².